The molecule has 0 fully saturated rings. The summed E-state index contributed by atoms with van der Waals surface area (Å²) in [6.07, 6.45) is 0. The van der Waals surface area contributed by atoms with Gasteiger partial charge in [0, 0.05) is 17.3 Å². The predicted octanol–water partition coefficient (Wildman–Crippen LogP) is 1.51. The highest BCUT2D eigenvalue weighted by Gasteiger charge is 2.09. The van der Waals surface area contributed by atoms with Gasteiger partial charge in [0.1, 0.15) is 5.75 Å². The van der Waals surface area contributed by atoms with E-state index < -0.39 is 0 Å². The molecule has 3 nitrogen and oxygen atoms in total. The van der Waals surface area contributed by atoms with E-state index in [2.05, 4.69) is 4.98 Å². The third-order valence-electron chi connectivity index (χ3n) is 1.84. The van der Waals surface area contributed by atoms with E-state index in [1.54, 1.807) is 6.92 Å². The average Bonchev–Trinajstić information content (AvgIpc) is 1.82. The minimum atomic E-state index is -0.255. The average molecular weight is 167 g/mol. The molecule has 2 N–H and O–H groups in total. The SMILES string of the molecule is Cc1[nH]c(=O)cc(O)c1C(C)C. The molecule has 66 valence electrons. The van der Waals surface area contributed by atoms with E-state index >= 15 is 0 Å². The highest BCUT2D eigenvalue weighted by atomic mass is 16.3. The third-order valence-corrected chi connectivity index (χ3v) is 1.84. The van der Waals surface area contributed by atoms with Crippen LogP contribution in [0.1, 0.15) is 31.0 Å². The van der Waals surface area contributed by atoms with Crippen molar-refractivity contribution in [3.8, 4) is 5.75 Å². The lowest BCUT2D eigenvalue weighted by Gasteiger charge is -2.10. The smallest absolute Gasteiger partial charge is 0.251 e. The van der Waals surface area contributed by atoms with E-state index in [0.29, 0.717) is 0 Å². The zero-order valence-corrected chi connectivity index (χ0v) is 7.51. The minimum absolute atomic E-state index is 0.0891. The number of aromatic hydroxyl groups is 1. The van der Waals surface area contributed by atoms with Gasteiger partial charge in [-0.15, -0.1) is 0 Å². The molecule has 0 bridgehead atoms. The summed E-state index contributed by atoms with van der Waals surface area (Å²) >= 11 is 0. The molecule has 1 rings (SSSR count). The molecule has 1 aromatic heterocycles. The number of hydrogen-bond acceptors (Lipinski definition) is 2. The van der Waals surface area contributed by atoms with E-state index in [-0.39, 0.29) is 17.2 Å². The van der Waals surface area contributed by atoms with Crippen molar-refractivity contribution in [1.29, 1.82) is 0 Å². The molecule has 0 saturated carbocycles. The Morgan fingerprint density at radius 1 is 1.50 bits per heavy atom. The summed E-state index contributed by atoms with van der Waals surface area (Å²) in [5.74, 6) is 0.313. The van der Waals surface area contributed by atoms with Gasteiger partial charge >= 0.3 is 0 Å². The highest BCUT2D eigenvalue weighted by molar-refractivity contribution is 5.36. The van der Waals surface area contributed by atoms with Gasteiger partial charge in [-0.3, -0.25) is 4.79 Å². The molecule has 3 heteroatoms. The van der Waals surface area contributed by atoms with Crippen LogP contribution >= 0.6 is 0 Å². The Balaban J connectivity index is 3.38. The molecule has 0 radical (unpaired) electrons. The second-order valence-electron chi connectivity index (χ2n) is 3.21. The van der Waals surface area contributed by atoms with E-state index in [4.69, 9.17) is 0 Å². The maximum absolute atomic E-state index is 10.9. The summed E-state index contributed by atoms with van der Waals surface area (Å²) in [5.41, 5.74) is 1.30. The predicted molar refractivity (Wildman–Crippen MR) is 47.6 cm³/mol. The Hall–Kier alpha value is -1.25. The van der Waals surface area contributed by atoms with Crippen molar-refractivity contribution in [3.05, 3.63) is 27.7 Å². The van der Waals surface area contributed by atoms with Gasteiger partial charge in [0.25, 0.3) is 5.56 Å². The van der Waals surface area contributed by atoms with Crippen molar-refractivity contribution in [2.45, 2.75) is 26.7 Å². The zero-order chi connectivity index (χ0) is 9.30. The Morgan fingerprint density at radius 3 is 2.50 bits per heavy atom. The fraction of sp³-hybridized carbons (Fsp3) is 0.444. The second kappa shape index (κ2) is 3.01. The van der Waals surface area contributed by atoms with Gasteiger partial charge < -0.3 is 10.1 Å². The van der Waals surface area contributed by atoms with Crippen molar-refractivity contribution in [2.75, 3.05) is 0 Å². The number of H-pyrrole nitrogens is 1. The van der Waals surface area contributed by atoms with Crippen LogP contribution in [0.25, 0.3) is 0 Å². The Morgan fingerprint density at radius 2 is 2.08 bits per heavy atom. The summed E-state index contributed by atoms with van der Waals surface area (Å²) in [4.78, 5) is 13.5. The highest BCUT2D eigenvalue weighted by Crippen LogP contribution is 2.25. The van der Waals surface area contributed by atoms with E-state index in [9.17, 15) is 9.90 Å². The first-order valence-electron chi connectivity index (χ1n) is 3.95. The lowest BCUT2D eigenvalue weighted by Crippen LogP contribution is -2.08. The second-order valence-corrected chi connectivity index (χ2v) is 3.21. The maximum atomic E-state index is 10.9. The lowest BCUT2D eigenvalue weighted by atomic mass is 10.0. The summed E-state index contributed by atoms with van der Waals surface area (Å²) < 4.78 is 0. The number of pyridine rings is 1. The van der Waals surface area contributed by atoms with Crippen LogP contribution in [0.2, 0.25) is 0 Å². The minimum Gasteiger partial charge on any atom is -0.507 e. The molecule has 0 saturated heterocycles. The summed E-state index contributed by atoms with van der Waals surface area (Å²) in [6.45, 7) is 5.73. The summed E-state index contributed by atoms with van der Waals surface area (Å²) in [5, 5.41) is 9.42. The maximum Gasteiger partial charge on any atom is 0.251 e. The van der Waals surface area contributed by atoms with Crippen LogP contribution in [0.3, 0.4) is 0 Å². The number of hydrogen-bond donors (Lipinski definition) is 2. The molecule has 0 aromatic carbocycles. The fourth-order valence-electron chi connectivity index (χ4n) is 1.41. The van der Waals surface area contributed by atoms with Gasteiger partial charge in [-0.05, 0) is 12.8 Å². The molecule has 1 aromatic rings. The first kappa shape index (κ1) is 8.84. The van der Waals surface area contributed by atoms with E-state index in [1.807, 2.05) is 13.8 Å². The summed E-state index contributed by atoms with van der Waals surface area (Å²) in [7, 11) is 0. The van der Waals surface area contributed by atoms with Gasteiger partial charge in [-0.25, -0.2) is 0 Å². The molecule has 12 heavy (non-hydrogen) atoms. The van der Waals surface area contributed by atoms with Gasteiger partial charge in [0.15, 0.2) is 0 Å². The van der Waals surface area contributed by atoms with Crippen LogP contribution in [0.15, 0.2) is 10.9 Å². The van der Waals surface area contributed by atoms with Crippen molar-refractivity contribution in [2.24, 2.45) is 0 Å². The van der Waals surface area contributed by atoms with Crippen LogP contribution in [-0.2, 0) is 0 Å². The molecular formula is C9H13NO2. The Labute approximate surface area is 71.1 Å². The molecule has 0 unspecified atom stereocenters. The van der Waals surface area contributed by atoms with Crippen molar-refractivity contribution in [1.82, 2.24) is 4.98 Å². The van der Waals surface area contributed by atoms with E-state index in [0.717, 1.165) is 11.3 Å². The van der Waals surface area contributed by atoms with Gasteiger partial charge in [-0.2, -0.15) is 0 Å². The van der Waals surface area contributed by atoms with Gasteiger partial charge in [-0.1, -0.05) is 13.8 Å². The van der Waals surface area contributed by atoms with Crippen LogP contribution in [0, 0.1) is 6.92 Å². The lowest BCUT2D eigenvalue weighted by molar-refractivity contribution is 0.461. The fourth-order valence-corrected chi connectivity index (χ4v) is 1.41. The number of nitrogens with one attached hydrogen (secondary N) is 1. The number of aromatic nitrogens is 1. The first-order valence-corrected chi connectivity index (χ1v) is 3.95. The van der Waals surface area contributed by atoms with Crippen LogP contribution in [0.5, 0.6) is 5.75 Å². The third kappa shape index (κ3) is 1.49. The van der Waals surface area contributed by atoms with Crippen LogP contribution < -0.4 is 5.56 Å². The van der Waals surface area contributed by atoms with Gasteiger partial charge in [0.2, 0.25) is 0 Å². The molecule has 0 atom stereocenters. The molecule has 0 amide bonds. The molecule has 0 spiro atoms. The molecule has 0 aliphatic rings. The van der Waals surface area contributed by atoms with Crippen molar-refractivity contribution >= 4 is 0 Å². The van der Waals surface area contributed by atoms with Gasteiger partial charge in [0.05, 0.1) is 0 Å². The number of rotatable bonds is 1. The zero-order valence-electron chi connectivity index (χ0n) is 7.51. The molecular weight excluding hydrogens is 154 g/mol. The van der Waals surface area contributed by atoms with Crippen LogP contribution in [0.4, 0.5) is 0 Å². The number of aryl methyl sites for hydroxylation is 1. The Bertz CT molecular complexity index is 313. The largest absolute Gasteiger partial charge is 0.507 e. The first-order chi connectivity index (χ1) is 5.52. The molecule has 0 aliphatic heterocycles. The Kier molecular flexibility index (Phi) is 2.22. The van der Waals surface area contributed by atoms with E-state index in [1.165, 1.54) is 6.07 Å². The summed E-state index contributed by atoms with van der Waals surface area (Å²) in [6, 6.07) is 1.21. The monoisotopic (exact) mass is 167 g/mol. The molecule has 0 aliphatic carbocycles. The molecule has 1 heterocycles. The quantitative estimate of drug-likeness (QED) is 0.666. The van der Waals surface area contributed by atoms with Crippen molar-refractivity contribution in [3.63, 3.8) is 0 Å². The van der Waals surface area contributed by atoms with Crippen molar-refractivity contribution < 1.29 is 5.11 Å². The topological polar surface area (TPSA) is 53.1 Å². The standard InChI is InChI=1S/C9H13NO2/c1-5(2)9-6(3)10-8(12)4-7(9)11/h4-5H,1-3H3,(H2,10,11,12). The number of aromatic amines is 1. The normalized spacial score (nSPS) is 10.7. The van der Waals surface area contributed by atoms with Crippen LogP contribution in [-0.4, -0.2) is 10.1 Å².